The number of benzene rings is 1. The largest absolute Gasteiger partial charge is 0.481 e. The maximum atomic E-state index is 12.5. The van der Waals surface area contributed by atoms with Gasteiger partial charge in [0.2, 0.25) is 5.91 Å². The first-order chi connectivity index (χ1) is 9.92. The van der Waals surface area contributed by atoms with Gasteiger partial charge in [-0.25, -0.2) is 0 Å². The summed E-state index contributed by atoms with van der Waals surface area (Å²) in [5.74, 6) is -3.11. The van der Waals surface area contributed by atoms with Gasteiger partial charge in [-0.1, -0.05) is 35.9 Å². The predicted octanol–water partition coefficient (Wildman–Crippen LogP) is 2.32. The summed E-state index contributed by atoms with van der Waals surface area (Å²) in [6, 6.07) is 6.82. The Morgan fingerprint density at radius 3 is 2.76 bits per heavy atom. The quantitative estimate of drug-likeness (QED) is 0.840. The molecule has 2 N–H and O–H groups in total. The van der Waals surface area contributed by atoms with E-state index in [-0.39, 0.29) is 0 Å². The first kappa shape index (κ1) is 14.1. The number of nitrogens with one attached hydrogen (secondary N) is 1. The van der Waals surface area contributed by atoms with Crippen LogP contribution in [0.1, 0.15) is 6.92 Å². The van der Waals surface area contributed by atoms with Crippen molar-refractivity contribution in [2.45, 2.75) is 18.6 Å². The highest BCUT2D eigenvalue weighted by molar-refractivity contribution is 6.33. The van der Waals surface area contributed by atoms with E-state index in [1.807, 2.05) is 0 Å². The molecule has 2 bridgehead atoms. The SMILES string of the molecule is C[C@@]12C=C[C@@H](O1)[C@H](C(=O)O)[C@@H]2C(=O)Nc1ccccc1Cl. The number of amides is 1. The lowest BCUT2D eigenvalue weighted by Crippen LogP contribution is -2.44. The van der Waals surface area contributed by atoms with Crippen molar-refractivity contribution in [3.63, 3.8) is 0 Å². The van der Waals surface area contributed by atoms with Crippen LogP contribution in [0.3, 0.4) is 0 Å². The number of carbonyl (C=O) groups excluding carboxylic acids is 1. The molecule has 2 aliphatic rings. The average molecular weight is 308 g/mol. The maximum Gasteiger partial charge on any atom is 0.310 e. The van der Waals surface area contributed by atoms with Crippen LogP contribution in [0.25, 0.3) is 0 Å². The molecule has 1 fully saturated rings. The summed E-state index contributed by atoms with van der Waals surface area (Å²) >= 11 is 6.01. The minimum atomic E-state index is -1.03. The molecule has 0 radical (unpaired) electrons. The molecule has 0 spiro atoms. The number of para-hydroxylation sites is 1. The molecular formula is C15H14ClNO4. The first-order valence-corrected chi connectivity index (χ1v) is 6.95. The fourth-order valence-corrected chi connectivity index (χ4v) is 3.24. The van der Waals surface area contributed by atoms with Gasteiger partial charge in [-0.3, -0.25) is 9.59 Å². The van der Waals surface area contributed by atoms with Gasteiger partial charge in [-0.2, -0.15) is 0 Å². The molecule has 1 aromatic carbocycles. The maximum absolute atomic E-state index is 12.5. The number of carboxylic acids is 1. The number of hydrogen-bond acceptors (Lipinski definition) is 3. The number of carboxylic acid groups (broad SMARTS) is 1. The number of hydrogen-bond donors (Lipinski definition) is 2. The molecule has 2 heterocycles. The van der Waals surface area contributed by atoms with Gasteiger partial charge in [0, 0.05) is 0 Å². The van der Waals surface area contributed by atoms with Crippen molar-refractivity contribution in [2.24, 2.45) is 11.8 Å². The molecule has 1 aromatic rings. The zero-order valence-corrected chi connectivity index (χ0v) is 12.0. The second-order valence-electron chi connectivity index (χ2n) is 5.44. The minimum absolute atomic E-state index is 0.398. The topological polar surface area (TPSA) is 75.6 Å². The second-order valence-corrected chi connectivity index (χ2v) is 5.84. The van der Waals surface area contributed by atoms with Gasteiger partial charge in [0.1, 0.15) is 5.92 Å². The zero-order valence-electron chi connectivity index (χ0n) is 11.2. The van der Waals surface area contributed by atoms with Gasteiger partial charge in [-0.15, -0.1) is 0 Å². The van der Waals surface area contributed by atoms with Crippen molar-refractivity contribution in [1.82, 2.24) is 0 Å². The smallest absolute Gasteiger partial charge is 0.310 e. The van der Waals surface area contributed by atoms with Crippen molar-refractivity contribution >= 4 is 29.2 Å². The van der Waals surface area contributed by atoms with E-state index in [2.05, 4.69) is 5.32 Å². The predicted molar refractivity (Wildman–Crippen MR) is 77.1 cm³/mol. The third-order valence-electron chi connectivity index (χ3n) is 4.04. The average Bonchev–Trinajstić information content (AvgIpc) is 2.94. The van der Waals surface area contributed by atoms with Crippen LogP contribution in [0.4, 0.5) is 5.69 Å². The Morgan fingerprint density at radius 2 is 2.10 bits per heavy atom. The van der Waals surface area contributed by atoms with Crippen molar-refractivity contribution in [3.8, 4) is 0 Å². The standard InChI is InChI=1S/C15H14ClNO4/c1-15-7-6-10(21-15)11(14(19)20)12(15)13(18)17-9-5-3-2-4-8(9)16/h2-7,10-12H,1H3,(H,17,18)(H,19,20)/t10-,11+,12-,15+/m1/s1. The van der Waals surface area contributed by atoms with Gasteiger partial charge < -0.3 is 15.2 Å². The highest BCUT2D eigenvalue weighted by atomic mass is 35.5. The number of carbonyl (C=O) groups is 2. The van der Waals surface area contributed by atoms with Crippen LogP contribution in [0, 0.1) is 11.8 Å². The Bertz CT molecular complexity index is 644. The third-order valence-corrected chi connectivity index (χ3v) is 4.37. The van der Waals surface area contributed by atoms with Crippen LogP contribution in [-0.2, 0) is 14.3 Å². The molecule has 4 atom stereocenters. The van der Waals surface area contributed by atoms with E-state index in [1.54, 1.807) is 43.3 Å². The Hall–Kier alpha value is -1.85. The van der Waals surface area contributed by atoms with E-state index in [9.17, 15) is 14.7 Å². The van der Waals surface area contributed by atoms with Gasteiger partial charge in [0.05, 0.1) is 28.3 Å². The van der Waals surface area contributed by atoms with Gasteiger partial charge >= 0.3 is 5.97 Å². The minimum Gasteiger partial charge on any atom is -0.481 e. The van der Waals surface area contributed by atoms with E-state index >= 15 is 0 Å². The highest BCUT2D eigenvalue weighted by Gasteiger charge is 2.59. The van der Waals surface area contributed by atoms with Crippen LogP contribution >= 0.6 is 11.6 Å². The molecule has 0 saturated carbocycles. The molecule has 0 unspecified atom stereocenters. The summed E-state index contributed by atoms with van der Waals surface area (Å²) in [5, 5.41) is 12.5. The van der Waals surface area contributed by atoms with E-state index in [4.69, 9.17) is 16.3 Å². The molecule has 1 saturated heterocycles. The number of rotatable bonds is 3. The summed E-state index contributed by atoms with van der Waals surface area (Å²) in [6.45, 7) is 1.73. The van der Waals surface area contributed by atoms with Crippen LogP contribution in [-0.4, -0.2) is 28.7 Å². The molecule has 0 aromatic heterocycles. The third kappa shape index (κ3) is 2.22. The molecule has 110 valence electrons. The Kier molecular flexibility index (Phi) is 3.26. The summed E-state index contributed by atoms with van der Waals surface area (Å²) < 4.78 is 5.65. The summed E-state index contributed by atoms with van der Waals surface area (Å²) in [4.78, 5) is 24.0. The molecule has 1 amide bonds. The molecule has 0 aliphatic carbocycles. The molecule has 5 nitrogen and oxygen atoms in total. The Balaban J connectivity index is 1.88. The number of anilines is 1. The van der Waals surface area contributed by atoms with Gasteiger partial charge in [-0.05, 0) is 19.1 Å². The van der Waals surface area contributed by atoms with Crippen LogP contribution in [0.15, 0.2) is 36.4 Å². The summed E-state index contributed by atoms with van der Waals surface area (Å²) in [6.07, 6.45) is 2.90. The molecular weight excluding hydrogens is 294 g/mol. The van der Waals surface area contributed by atoms with E-state index in [0.717, 1.165) is 0 Å². The highest BCUT2D eigenvalue weighted by Crippen LogP contribution is 2.47. The van der Waals surface area contributed by atoms with E-state index in [0.29, 0.717) is 10.7 Å². The monoisotopic (exact) mass is 307 g/mol. The normalized spacial score (nSPS) is 33.1. The fourth-order valence-electron chi connectivity index (χ4n) is 3.05. The summed E-state index contributed by atoms with van der Waals surface area (Å²) in [5.41, 5.74) is -0.428. The zero-order chi connectivity index (χ0) is 15.2. The molecule has 21 heavy (non-hydrogen) atoms. The van der Waals surface area contributed by atoms with Gasteiger partial charge in [0.25, 0.3) is 0 Å². The van der Waals surface area contributed by atoms with Gasteiger partial charge in [0.15, 0.2) is 0 Å². The molecule has 6 heteroatoms. The fraction of sp³-hybridized carbons (Fsp3) is 0.333. The lowest BCUT2D eigenvalue weighted by atomic mass is 9.75. The lowest BCUT2D eigenvalue weighted by Gasteiger charge is -2.27. The lowest BCUT2D eigenvalue weighted by molar-refractivity contribution is -0.146. The van der Waals surface area contributed by atoms with Crippen molar-refractivity contribution in [3.05, 3.63) is 41.4 Å². The van der Waals surface area contributed by atoms with Crippen molar-refractivity contribution in [1.29, 1.82) is 0 Å². The Morgan fingerprint density at radius 1 is 1.38 bits per heavy atom. The van der Waals surface area contributed by atoms with Crippen LogP contribution in [0.2, 0.25) is 5.02 Å². The van der Waals surface area contributed by atoms with Crippen molar-refractivity contribution < 1.29 is 19.4 Å². The first-order valence-electron chi connectivity index (χ1n) is 6.58. The van der Waals surface area contributed by atoms with Crippen LogP contribution in [0.5, 0.6) is 0 Å². The number of fused-ring (bicyclic) bond motifs is 2. The van der Waals surface area contributed by atoms with Crippen LogP contribution < -0.4 is 5.32 Å². The number of halogens is 1. The van der Waals surface area contributed by atoms with E-state index in [1.165, 1.54) is 0 Å². The number of aliphatic carboxylic acids is 1. The van der Waals surface area contributed by atoms with Crippen molar-refractivity contribution in [2.75, 3.05) is 5.32 Å². The molecule has 2 aliphatic heterocycles. The Labute approximate surface area is 126 Å². The van der Waals surface area contributed by atoms with E-state index < -0.39 is 35.4 Å². The second kappa shape index (κ2) is 4.86. The number of ether oxygens (including phenoxy) is 1. The molecule has 3 rings (SSSR count). The summed E-state index contributed by atoms with van der Waals surface area (Å²) in [7, 11) is 0.